The van der Waals surface area contributed by atoms with Gasteiger partial charge in [0.25, 0.3) is 5.67 Å². The predicted octanol–water partition coefficient (Wildman–Crippen LogP) is 4.47. The summed E-state index contributed by atoms with van der Waals surface area (Å²) in [7, 11) is 3.97. The average Bonchev–Trinajstić information content (AvgIpc) is 3.00. The number of cyclic esters (lactones) is 1. The number of esters is 1. The molecular weight excluding hydrogens is 623 g/mol. The van der Waals surface area contributed by atoms with Gasteiger partial charge in [0.2, 0.25) is 5.91 Å². The van der Waals surface area contributed by atoms with E-state index in [4.69, 9.17) is 23.7 Å². The number of halogens is 1. The van der Waals surface area contributed by atoms with Crippen molar-refractivity contribution in [2.45, 2.75) is 142 Å². The molecule has 3 heterocycles. The van der Waals surface area contributed by atoms with Crippen LogP contribution >= 0.6 is 0 Å². The second-order valence-electron chi connectivity index (χ2n) is 15.2. The Morgan fingerprint density at radius 3 is 2.29 bits per heavy atom. The van der Waals surface area contributed by atoms with Crippen molar-refractivity contribution in [2.24, 2.45) is 28.7 Å². The molecule has 0 radical (unpaired) electrons. The second kappa shape index (κ2) is 15.4. The Hall–Kier alpha value is -2.09. The number of hydrogen-bond acceptors (Lipinski definition) is 10. The Morgan fingerprint density at radius 1 is 1.10 bits per heavy atom. The lowest BCUT2D eigenvalue weighted by molar-refractivity contribution is -0.282. The Morgan fingerprint density at radius 2 is 1.73 bits per heavy atom. The lowest BCUT2D eigenvalue weighted by atomic mass is 9.73. The number of ether oxygens (including phenoxy) is 5. The van der Waals surface area contributed by atoms with Crippen LogP contribution in [0.3, 0.4) is 0 Å². The van der Waals surface area contributed by atoms with Gasteiger partial charge in [-0.05, 0) is 72.5 Å². The van der Waals surface area contributed by atoms with Crippen LogP contribution in [-0.2, 0) is 38.1 Å². The van der Waals surface area contributed by atoms with E-state index in [1.807, 2.05) is 34.9 Å². The minimum Gasteiger partial charge on any atom is -0.457 e. The fourth-order valence-electron chi connectivity index (χ4n) is 7.92. The first-order chi connectivity index (χ1) is 22.1. The molecule has 0 aliphatic carbocycles. The molecule has 0 aromatic heterocycles. The van der Waals surface area contributed by atoms with E-state index in [-0.39, 0.29) is 44.1 Å². The van der Waals surface area contributed by atoms with E-state index in [1.54, 1.807) is 20.8 Å². The molecule has 12 heteroatoms. The van der Waals surface area contributed by atoms with Crippen molar-refractivity contribution in [3.63, 3.8) is 0 Å². The summed E-state index contributed by atoms with van der Waals surface area (Å²) in [6.45, 7) is 20.4. The molecular formula is C36H59FN2O9. The minimum atomic E-state index is -3.09. The van der Waals surface area contributed by atoms with Crippen LogP contribution in [0.1, 0.15) is 88.5 Å². The van der Waals surface area contributed by atoms with Crippen molar-refractivity contribution < 1.29 is 47.6 Å². The fraction of sp³-hybridized carbons (Fsp3) is 0.833. The predicted molar refractivity (Wildman–Crippen MR) is 179 cm³/mol. The highest BCUT2D eigenvalue weighted by Gasteiger charge is 2.56. The summed E-state index contributed by atoms with van der Waals surface area (Å²) in [6, 6.07) is 0.0904. The average molecular weight is 683 g/mol. The molecule has 3 aliphatic rings. The Balaban J connectivity index is 2.33. The third-order valence-corrected chi connectivity index (χ3v) is 10.6. The van der Waals surface area contributed by atoms with Crippen LogP contribution < -0.4 is 0 Å². The number of aliphatic imine (C=N–C) groups is 1. The number of hydrogen-bond donors (Lipinski definition) is 1. The van der Waals surface area contributed by atoms with E-state index in [0.29, 0.717) is 11.3 Å². The van der Waals surface area contributed by atoms with Crippen LogP contribution in [0.15, 0.2) is 17.1 Å². The Labute approximate surface area is 285 Å². The molecule has 274 valence electrons. The van der Waals surface area contributed by atoms with Gasteiger partial charge in [-0.25, -0.2) is 14.2 Å². The quantitative estimate of drug-likeness (QED) is 0.257. The molecule has 0 aromatic rings. The molecule has 0 aromatic carbocycles. The fourth-order valence-corrected chi connectivity index (χ4v) is 7.92. The van der Waals surface area contributed by atoms with Gasteiger partial charge in [-0.2, -0.15) is 0 Å². The van der Waals surface area contributed by atoms with Gasteiger partial charge in [-0.15, -0.1) is 0 Å². The van der Waals surface area contributed by atoms with Crippen molar-refractivity contribution >= 4 is 23.4 Å². The van der Waals surface area contributed by atoms with Gasteiger partial charge in [0.1, 0.15) is 11.7 Å². The number of fused-ring (bicyclic) bond motifs is 5. The summed E-state index contributed by atoms with van der Waals surface area (Å²) in [5.41, 5.74) is -5.35. The molecule has 2 bridgehead atoms. The molecule has 1 amide bonds. The van der Waals surface area contributed by atoms with Crippen LogP contribution in [0, 0.1) is 23.7 Å². The molecule has 0 saturated carbocycles. The highest BCUT2D eigenvalue weighted by atomic mass is 19.1. The number of aliphatic hydroxyl groups is 1. The Kier molecular flexibility index (Phi) is 13.0. The monoisotopic (exact) mass is 682 g/mol. The van der Waals surface area contributed by atoms with E-state index in [0.717, 1.165) is 13.3 Å². The number of carbonyl (C=O) groups is 3. The maximum absolute atomic E-state index is 16.6. The molecule has 11 nitrogen and oxygen atoms in total. The van der Waals surface area contributed by atoms with Gasteiger partial charge in [0.05, 0.1) is 37.1 Å². The molecule has 13 atom stereocenters. The normalized spacial score (nSPS) is 44.9. The van der Waals surface area contributed by atoms with Crippen molar-refractivity contribution in [3.8, 4) is 0 Å². The number of rotatable bonds is 4. The third kappa shape index (κ3) is 8.43. The van der Waals surface area contributed by atoms with Crippen LogP contribution in [0.25, 0.3) is 0 Å². The molecule has 0 spiro atoms. The van der Waals surface area contributed by atoms with Crippen molar-refractivity contribution in [3.05, 3.63) is 12.2 Å². The number of carbonyl (C=O) groups excluding carboxylic acids is 3. The molecule has 0 unspecified atom stereocenters. The van der Waals surface area contributed by atoms with E-state index in [2.05, 4.69) is 16.5 Å². The van der Waals surface area contributed by atoms with Gasteiger partial charge >= 0.3 is 5.97 Å². The molecule has 3 aliphatic heterocycles. The lowest BCUT2D eigenvalue weighted by Gasteiger charge is -2.48. The van der Waals surface area contributed by atoms with Gasteiger partial charge in [0.15, 0.2) is 12.1 Å². The van der Waals surface area contributed by atoms with Crippen LogP contribution in [0.4, 0.5) is 4.39 Å². The lowest BCUT2D eigenvalue weighted by Crippen LogP contribution is -2.60. The van der Waals surface area contributed by atoms with Crippen molar-refractivity contribution in [1.29, 1.82) is 0 Å². The molecule has 3 rings (SSSR count). The summed E-state index contributed by atoms with van der Waals surface area (Å²) in [5, 5.41) is 12.0. The summed E-state index contributed by atoms with van der Waals surface area (Å²) >= 11 is 0. The third-order valence-electron chi connectivity index (χ3n) is 10.6. The number of amides is 1. The molecule has 3 fully saturated rings. The van der Waals surface area contributed by atoms with Crippen LogP contribution in [0.5, 0.6) is 0 Å². The first-order valence-electron chi connectivity index (χ1n) is 17.2. The Bertz CT molecular complexity index is 1240. The van der Waals surface area contributed by atoms with Gasteiger partial charge < -0.3 is 33.7 Å². The maximum Gasteiger partial charge on any atom is 0.351 e. The van der Waals surface area contributed by atoms with E-state index in [9.17, 15) is 19.5 Å². The summed E-state index contributed by atoms with van der Waals surface area (Å²) < 4.78 is 48.3. The first-order valence-corrected chi connectivity index (χ1v) is 17.2. The zero-order valence-corrected chi connectivity index (χ0v) is 31.0. The largest absolute Gasteiger partial charge is 0.457 e. The summed E-state index contributed by atoms with van der Waals surface area (Å²) in [5.74, 6) is -5.47. The number of nitrogens with zero attached hydrogens (tertiary/aromatic N) is 2. The van der Waals surface area contributed by atoms with Crippen molar-refractivity contribution in [1.82, 2.24) is 4.90 Å². The van der Waals surface area contributed by atoms with Gasteiger partial charge in [0, 0.05) is 36.4 Å². The van der Waals surface area contributed by atoms with E-state index >= 15 is 4.39 Å². The smallest absolute Gasteiger partial charge is 0.351 e. The van der Waals surface area contributed by atoms with Crippen LogP contribution in [0.2, 0.25) is 0 Å². The second-order valence-corrected chi connectivity index (χ2v) is 15.2. The standard InChI is InChI=1S/C36H59FN2O9/c1-14-27-36(11,43)31-23(6)28(38-25(8)40)20(3)16-34(9,45-18-19(2)17-44-31)30(24(7)29(41)35(10,37)33(42)47-27)48-32-22(5)26(39(12)13)15-21(4)46-32/h20-24,26-27,30-32,43H,2,14-18H2,1,3-13H3/t20-,21-,22-,23+,24+,26+,27-,30-,31-,32+,34-,35+,36-/m1/s1. The summed E-state index contributed by atoms with van der Waals surface area (Å²) in [4.78, 5) is 46.9. The SMILES string of the molecule is C=C1CO[C@@H]2[C@@H](C)C(=NC(C)=O)[C@H](C)C[C@@](C)(OC1)[C@H](O[C@@H]1O[C@H](C)C[C@H](N(C)C)[C@H]1C)[C@@H](C)C(=O)[C@](C)(F)C(=O)O[C@H](CC)[C@@]2(C)O. The van der Waals surface area contributed by atoms with Crippen LogP contribution in [-0.4, -0.2) is 114 Å². The number of ketones is 1. The molecule has 3 saturated heterocycles. The first kappa shape index (κ1) is 40.3. The van der Waals surface area contributed by atoms with Gasteiger partial charge in [-0.3, -0.25) is 9.59 Å². The van der Waals surface area contributed by atoms with E-state index < -0.39 is 76.9 Å². The zero-order chi connectivity index (χ0) is 36.5. The zero-order valence-electron chi connectivity index (χ0n) is 31.0. The van der Waals surface area contributed by atoms with E-state index in [1.165, 1.54) is 20.8 Å². The minimum absolute atomic E-state index is 0.0102. The number of alkyl halides is 1. The van der Waals surface area contributed by atoms with Gasteiger partial charge in [-0.1, -0.05) is 41.2 Å². The highest BCUT2D eigenvalue weighted by molar-refractivity contribution is 6.08. The maximum atomic E-state index is 16.6. The summed E-state index contributed by atoms with van der Waals surface area (Å²) in [6.07, 6.45) is -3.45. The number of Topliss-reactive ketones (excluding diaryl/α,β-unsaturated/α-hetero) is 1. The topological polar surface area (TPSA) is 133 Å². The molecule has 48 heavy (non-hydrogen) atoms. The van der Waals surface area contributed by atoms with Crippen molar-refractivity contribution in [2.75, 3.05) is 27.3 Å². The highest BCUT2D eigenvalue weighted by Crippen LogP contribution is 2.41. The molecule has 1 N–H and O–H groups in total.